The topological polar surface area (TPSA) is 58.9 Å². The summed E-state index contributed by atoms with van der Waals surface area (Å²) in [6.07, 6.45) is -0.765. The summed E-state index contributed by atoms with van der Waals surface area (Å²) in [5.74, 6) is 0.870. The van der Waals surface area contributed by atoms with Gasteiger partial charge in [-0.05, 0) is 31.2 Å². The summed E-state index contributed by atoms with van der Waals surface area (Å²) in [4.78, 5) is 0. The highest BCUT2D eigenvalue weighted by Gasteiger charge is 1.96. The third-order valence-electron chi connectivity index (χ3n) is 1.55. The zero-order valence-corrected chi connectivity index (χ0v) is 8.01. The molecule has 0 saturated carbocycles. The number of aromatic hydroxyl groups is 1. The predicted molar refractivity (Wildman–Crippen MR) is 51.2 cm³/mol. The van der Waals surface area contributed by atoms with E-state index in [9.17, 15) is 0 Å². The molecule has 1 unspecified atom stereocenters. The van der Waals surface area contributed by atoms with Crippen LogP contribution in [0.25, 0.3) is 0 Å². The molecule has 1 rings (SSSR count). The van der Waals surface area contributed by atoms with E-state index >= 15 is 0 Å². The van der Waals surface area contributed by atoms with Crippen molar-refractivity contribution in [2.45, 2.75) is 13.2 Å². The maximum absolute atomic E-state index is 8.99. The summed E-state index contributed by atoms with van der Waals surface area (Å²) in [6.45, 7) is 2.24. The van der Waals surface area contributed by atoms with Crippen LogP contribution >= 0.6 is 0 Å². The molecule has 0 bridgehead atoms. The Bertz CT molecular complexity index is 255. The first-order valence-corrected chi connectivity index (χ1v) is 4.40. The van der Waals surface area contributed by atoms with Crippen molar-refractivity contribution >= 4 is 0 Å². The first-order valence-electron chi connectivity index (χ1n) is 4.40. The van der Waals surface area contributed by atoms with Crippen LogP contribution in [0, 0.1) is 0 Å². The van der Waals surface area contributed by atoms with Crippen LogP contribution in [0.2, 0.25) is 0 Å². The summed E-state index contributed by atoms with van der Waals surface area (Å²) in [5, 5.41) is 17.8. The van der Waals surface area contributed by atoms with Crippen LogP contribution < -0.4 is 4.74 Å². The van der Waals surface area contributed by atoms with Gasteiger partial charge in [-0.2, -0.15) is 0 Å². The Hall–Kier alpha value is -1.26. The Balaban J connectivity index is 2.21. The number of aliphatic hydroxyl groups excluding tert-OH is 1. The van der Waals surface area contributed by atoms with E-state index in [1.165, 1.54) is 0 Å². The molecule has 0 aromatic heterocycles. The zero-order chi connectivity index (χ0) is 10.4. The van der Waals surface area contributed by atoms with E-state index in [2.05, 4.69) is 0 Å². The molecule has 0 fully saturated rings. The van der Waals surface area contributed by atoms with Gasteiger partial charge in [-0.25, -0.2) is 0 Å². The highest BCUT2D eigenvalue weighted by atomic mass is 16.6. The lowest BCUT2D eigenvalue weighted by Gasteiger charge is -2.08. The van der Waals surface area contributed by atoms with Crippen molar-refractivity contribution < 1.29 is 19.7 Å². The number of hydrogen-bond donors (Lipinski definition) is 2. The van der Waals surface area contributed by atoms with E-state index in [0.29, 0.717) is 19.0 Å². The Morgan fingerprint density at radius 3 is 2.43 bits per heavy atom. The van der Waals surface area contributed by atoms with Gasteiger partial charge in [0.25, 0.3) is 0 Å². The van der Waals surface area contributed by atoms with Gasteiger partial charge in [0, 0.05) is 0 Å². The average Bonchev–Trinajstić information content (AvgIpc) is 2.15. The lowest BCUT2D eigenvalue weighted by atomic mass is 10.3. The first kappa shape index (κ1) is 10.8. The van der Waals surface area contributed by atoms with Gasteiger partial charge in [-0.3, -0.25) is 0 Å². The minimum absolute atomic E-state index is 0.206. The quantitative estimate of drug-likeness (QED) is 0.550. The lowest BCUT2D eigenvalue weighted by molar-refractivity contribution is -0.0913. The monoisotopic (exact) mass is 198 g/mol. The van der Waals surface area contributed by atoms with Crippen molar-refractivity contribution in [1.29, 1.82) is 0 Å². The third-order valence-corrected chi connectivity index (χ3v) is 1.55. The van der Waals surface area contributed by atoms with Crippen LogP contribution in [0.1, 0.15) is 6.92 Å². The SMILES string of the molecule is CC(O)OCCOc1ccc(O)cc1. The Kier molecular flexibility index (Phi) is 4.22. The molecule has 0 aliphatic carbocycles. The summed E-state index contributed by atoms with van der Waals surface area (Å²) >= 11 is 0. The van der Waals surface area contributed by atoms with Crippen molar-refractivity contribution in [3.05, 3.63) is 24.3 Å². The molecule has 78 valence electrons. The Morgan fingerprint density at radius 1 is 1.21 bits per heavy atom. The van der Waals surface area contributed by atoms with Crippen molar-refractivity contribution in [2.75, 3.05) is 13.2 Å². The molecule has 1 aromatic rings. The van der Waals surface area contributed by atoms with E-state index < -0.39 is 6.29 Å². The molecule has 14 heavy (non-hydrogen) atoms. The highest BCUT2D eigenvalue weighted by molar-refractivity contribution is 5.29. The van der Waals surface area contributed by atoms with Crippen LogP contribution in [0.3, 0.4) is 0 Å². The van der Waals surface area contributed by atoms with Crippen LogP contribution in [0.4, 0.5) is 0 Å². The maximum Gasteiger partial charge on any atom is 0.151 e. The minimum atomic E-state index is -0.765. The van der Waals surface area contributed by atoms with Crippen LogP contribution in [0.15, 0.2) is 24.3 Å². The van der Waals surface area contributed by atoms with E-state index in [0.717, 1.165) is 0 Å². The molecule has 0 amide bonds. The van der Waals surface area contributed by atoms with Crippen LogP contribution in [0.5, 0.6) is 11.5 Å². The number of phenolic OH excluding ortho intramolecular Hbond substituents is 1. The average molecular weight is 198 g/mol. The molecule has 1 aromatic carbocycles. The van der Waals surface area contributed by atoms with Gasteiger partial charge in [-0.1, -0.05) is 0 Å². The molecule has 4 nitrogen and oxygen atoms in total. The van der Waals surface area contributed by atoms with Crippen molar-refractivity contribution in [3.63, 3.8) is 0 Å². The molecule has 0 heterocycles. The van der Waals surface area contributed by atoms with Crippen LogP contribution in [-0.2, 0) is 4.74 Å². The molecule has 0 spiro atoms. The standard InChI is InChI=1S/C10H14O4/c1-8(11)13-6-7-14-10-4-2-9(12)3-5-10/h2-5,8,11-12H,6-7H2,1H3. The minimum Gasteiger partial charge on any atom is -0.508 e. The number of benzene rings is 1. The van der Waals surface area contributed by atoms with Gasteiger partial charge >= 0.3 is 0 Å². The second-order valence-electron chi connectivity index (χ2n) is 2.81. The van der Waals surface area contributed by atoms with Gasteiger partial charge in [0.15, 0.2) is 6.29 Å². The molecule has 2 N–H and O–H groups in total. The van der Waals surface area contributed by atoms with Gasteiger partial charge < -0.3 is 19.7 Å². The number of rotatable bonds is 5. The number of phenols is 1. The summed E-state index contributed by atoms with van der Waals surface area (Å²) < 4.78 is 10.1. The van der Waals surface area contributed by atoms with Gasteiger partial charge in [0.1, 0.15) is 18.1 Å². The van der Waals surface area contributed by atoms with Gasteiger partial charge in [0.2, 0.25) is 0 Å². The zero-order valence-electron chi connectivity index (χ0n) is 8.01. The normalized spacial score (nSPS) is 12.4. The second-order valence-corrected chi connectivity index (χ2v) is 2.81. The third kappa shape index (κ3) is 4.11. The molecular weight excluding hydrogens is 184 g/mol. The van der Waals surface area contributed by atoms with E-state index in [1.807, 2.05) is 0 Å². The van der Waals surface area contributed by atoms with Gasteiger partial charge in [0.05, 0.1) is 6.61 Å². The second kappa shape index (κ2) is 5.47. The smallest absolute Gasteiger partial charge is 0.151 e. The summed E-state index contributed by atoms with van der Waals surface area (Å²) in [7, 11) is 0. The molecular formula is C10H14O4. The summed E-state index contributed by atoms with van der Waals surface area (Å²) in [6, 6.07) is 6.42. The fourth-order valence-corrected chi connectivity index (χ4v) is 0.921. The van der Waals surface area contributed by atoms with Crippen molar-refractivity contribution in [2.24, 2.45) is 0 Å². The number of hydrogen-bond acceptors (Lipinski definition) is 4. The molecule has 0 radical (unpaired) electrons. The molecule has 0 aliphatic rings. The Labute approximate surface area is 82.7 Å². The van der Waals surface area contributed by atoms with Crippen molar-refractivity contribution in [1.82, 2.24) is 0 Å². The lowest BCUT2D eigenvalue weighted by Crippen LogP contribution is -2.13. The van der Waals surface area contributed by atoms with E-state index in [-0.39, 0.29) is 5.75 Å². The van der Waals surface area contributed by atoms with Gasteiger partial charge in [-0.15, -0.1) is 0 Å². The summed E-state index contributed by atoms with van der Waals surface area (Å²) in [5.41, 5.74) is 0. The van der Waals surface area contributed by atoms with Crippen LogP contribution in [-0.4, -0.2) is 29.7 Å². The van der Waals surface area contributed by atoms with E-state index in [1.54, 1.807) is 31.2 Å². The molecule has 0 aliphatic heterocycles. The molecule has 4 heteroatoms. The molecule has 0 saturated heterocycles. The fraction of sp³-hybridized carbons (Fsp3) is 0.400. The van der Waals surface area contributed by atoms with Crippen molar-refractivity contribution in [3.8, 4) is 11.5 Å². The maximum atomic E-state index is 8.99. The largest absolute Gasteiger partial charge is 0.508 e. The predicted octanol–water partition coefficient (Wildman–Crippen LogP) is 1.13. The molecule has 1 atom stereocenters. The highest BCUT2D eigenvalue weighted by Crippen LogP contribution is 2.15. The van der Waals surface area contributed by atoms with E-state index in [4.69, 9.17) is 19.7 Å². The Morgan fingerprint density at radius 2 is 1.86 bits per heavy atom. The number of aliphatic hydroxyl groups is 1. The fourth-order valence-electron chi connectivity index (χ4n) is 0.921. The first-order chi connectivity index (χ1) is 6.68. The number of ether oxygens (including phenoxy) is 2.